The zero-order valence-electron chi connectivity index (χ0n) is 13.4. The zero-order valence-corrected chi connectivity index (χ0v) is 15.0. The van der Waals surface area contributed by atoms with Gasteiger partial charge in [-0.15, -0.1) is 11.3 Å². The molecule has 0 fully saturated rings. The number of hydrogen-bond acceptors (Lipinski definition) is 5. The summed E-state index contributed by atoms with van der Waals surface area (Å²) in [7, 11) is 0. The van der Waals surface area contributed by atoms with Gasteiger partial charge >= 0.3 is 0 Å². The van der Waals surface area contributed by atoms with Crippen molar-refractivity contribution in [2.45, 2.75) is 19.1 Å². The van der Waals surface area contributed by atoms with Crippen LogP contribution < -0.4 is 11.0 Å². The lowest BCUT2D eigenvalue weighted by Crippen LogP contribution is -2.33. The van der Waals surface area contributed by atoms with Crippen molar-refractivity contribution >= 4 is 39.2 Å². The summed E-state index contributed by atoms with van der Waals surface area (Å²) in [4.78, 5) is 31.0. The van der Waals surface area contributed by atoms with E-state index in [1.165, 1.54) is 17.7 Å². The maximum Gasteiger partial charge on any atom is 0.280 e. The molecule has 0 saturated carbocycles. The van der Waals surface area contributed by atoms with Crippen molar-refractivity contribution < 1.29 is 4.79 Å². The molecule has 124 valence electrons. The minimum atomic E-state index is -0.327. The minimum absolute atomic E-state index is 0.260. The van der Waals surface area contributed by atoms with E-state index in [1.54, 1.807) is 17.8 Å². The van der Waals surface area contributed by atoms with Crippen LogP contribution in [0.2, 0.25) is 0 Å². The SMILES string of the molecule is CCc1cc2c(=O)n(NC(=O)c3cccc(CSC)c3)cnc2s1. The standard InChI is InChI=1S/C17H17N3O2S2/c1-3-13-8-14-16(24-13)18-10-20(17(14)22)19-15(21)12-6-4-5-11(7-12)9-23-2/h4-8,10H,3,9H2,1-2H3,(H,19,21). The van der Waals surface area contributed by atoms with Crippen LogP contribution in [0.4, 0.5) is 0 Å². The first-order valence-corrected chi connectivity index (χ1v) is 9.72. The van der Waals surface area contributed by atoms with Crippen LogP contribution in [-0.4, -0.2) is 21.8 Å². The van der Waals surface area contributed by atoms with E-state index in [2.05, 4.69) is 10.4 Å². The molecule has 0 saturated heterocycles. The van der Waals surface area contributed by atoms with Gasteiger partial charge in [0.25, 0.3) is 11.5 Å². The van der Waals surface area contributed by atoms with E-state index in [0.29, 0.717) is 15.8 Å². The predicted octanol–water partition coefficient (Wildman–Crippen LogP) is 3.27. The second-order valence-corrected chi connectivity index (χ2v) is 7.26. The Morgan fingerprint density at radius 3 is 2.96 bits per heavy atom. The van der Waals surface area contributed by atoms with Gasteiger partial charge in [0.2, 0.25) is 0 Å². The van der Waals surface area contributed by atoms with Crippen molar-refractivity contribution in [3.05, 3.63) is 63.0 Å². The third-order valence-corrected chi connectivity index (χ3v) is 5.38. The van der Waals surface area contributed by atoms with Crippen molar-refractivity contribution in [1.82, 2.24) is 9.66 Å². The highest BCUT2D eigenvalue weighted by molar-refractivity contribution is 7.97. The third-order valence-electron chi connectivity index (χ3n) is 3.57. The Hall–Kier alpha value is -2.12. The van der Waals surface area contributed by atoms with Crippen molar-refractivity contribution in [3.8, 4) is 0 Å². The van der Waals surface area contributed by atoms with Gasteiger partial charge < -0.3 is 0 Å². The molecule has 1 N–H and O–H groups in total. The van der Waals surface area contributed by atoms with Crippen molar-refractivity contribution in [2.75, 3.05) is 11.7 Å². The molecule has 1 aromatic carbocycles. The number of aromatic nitrogens is 2. The van der Waals surface area contributed by atoms with Crippen molar-refractivity contribution in [2.24, 2.45) is 0 Å². The van der Waals surface area contributed by atoms with Gasteiger partial charge in [-0.05, 0) is 36.4 Å². The first kappa shape index (κ1) is 16.7. The van der Waals surface area contributed by atoms with E-state index >= 15 is 0 Å². The van der Waals surface area contributed by atoms with Gasteiger partial charge in [-0.1, -0.05) is 19.1 Å². The molecule has 0 radical (unpaired) electrons. The van der Waals surface area contributed by atoms with Gasteiger partial charge in [0.1, 0.15) is 11.2 Å². The average Bonchev–Trinajstić information content (AvgIpc) is 3.02. The van der Waals surface area contributed by atoms with E-state index in [-0.39, 0.29) is 11.5 Å². The molecule has 7 heteroatoms. The molecule has 0 aliphatic carbocycles. The van der Waals surface area contributed by atoms with E-state index in [9.17, 15) is 9.59 Å². The van der Waals surface area contributed by atoms with Crippen molar-refractivity contribution in [3.63, 3.8) is 0 Å². The lowest BCUT2D eigenvalue weighted by atomic mass is 10.1. The number of nitrogens with one attached hydrogen (secondary N) is 1. The summed E-state index contributed by atoms with van der Waals surface area (Å²) in [6.45, 7) is 2.03. The van der Waals surface area contributed by atoms with Crippen molar-refractivity contribution in [1.29, 1.82) is 0 Å². The number of benzene rings is 1. The molecule has 24 heavy (non-hydrogen) atoms. The van der Waals surface area contributed by atoms with Crippen LogP contribution in [-0.2, 0) is 12.2 Å². The number of thiophene rings is 1. The highest BCUT2D eigenvalue weighted by Crippen LogP contribution is 2.20. The van der Waals surface area contributed by atoms with Gasteiger partial charge in [-0.2, -0.15) is 11.8 Å². The van der Waals surface area contributed by atoms with Gasteiger partial charge in [-0.3, -0.25) is 15.0 Å². The Kier molecular flexibility index (Phi) is 5.01. The van der Waals surface area contributed by atoms with E-state index < -0.39 is 0 Å². The summed E-state index contributed by atoms with van der Waals surface area (Å²) in [5, 5.41) is 0.538. The van der Waals surface area contributed by atoms with Crippen LogP contribution in [0.15, 0.2) is 41.5 Å². The lowest BCUT2D eigenvalue weighted by Gasteiger charge is -2.08. The molecule has 1 amide bonds. The second kappa shape index (κ2) is 7.19. The van der Waals surface area contributed by atoms with Gasteiger partial charge in [-0.25, -0.2) is 9.66 Å². The average molecular weight is 359 g/mol. The number of carbonyl (C=O) groups excluding carboxylic acids is 1. The summed E-state index contributed by atoms with van der Waals surface area (Å²) in [6, 6.07) is 9.23. The minimum Gasteiger partial charge on any atom is -0.267 e. The Morgan fingerprint density at radius 1 is 1.38 bits per heavy atom. The van der Waals surface area contributed by atoms with E-state index in [4.69, 9.17) is 0 Å². The Morgan fingerprint density at radius 2 is 2.21 bits per heavy atom. The van der Waals surface area contributed by atoms with Crippen LogP contribution in [0.25, 0.3) is 10.2 Å². The molecule has 0 aliphatic rings. The number of fused-ring (bicyclic) bond motifs is 1. The quantitative estimate of drug-likeness (QED) is 0.759. The first-order chi connectivity index (χ1) is 11.6. The largest absolute Gasteiger partial charge is 0.280 e. The Labute approximate surface area is 147 Å². The second-order valence-electron chi connectivity index (χ2n) is 5.28. The number of carbonyl (C=O) groups is 1. The number of amides is 1. The molecule has 0 atom stereocenters. The van der Waals surface area contributed by atoms with Gasteiger partial charge in [0.05, 0.1) is 5.39 Å². The normalized spacial score (nSPS) is 10.9. The lowest BCUT2D eigenvalue weighted by molar-refractivity contribution is 0.101. The van der Waals surface area contributed by atoms with Crippen LogP contribution in [0.3, 0.4) is 0 Å². The zero-order chi connectivity index (χ0) is 17.1. The maximum atomic E-state index is 12.5. The number of thioether (sulfide) groups is 1. The molecule has 3 rings (SSSR count). The van der Waals surface area contributed by atoms with Crippen LogP contribution in [0.5, 0.6) is 0 Å². The molecule has 0 unspecified atom stereocenters. The third kappa shape index (κ3) is 3.37. The van der Waals surface area contributed by atoms with E-state index in [0.717, 1.165) is 27.3 Å². The first-order valence-electron chi connectivity index (χ1n) is 7.51. The van der Waals surface area contributed by atoms with Gasteiger partial charge in [0, 0.05) is 16.2 Å². The molecular formula is C17H17N3O2S2. The number of hydrogen-bond donors (Lipinski definition) is 1. The Bertz CT molecular complexity index is 946. The maximum absolute atomic E-state index is 12.5. The Balaban J connectivity index is 1.89. The predicted molar refractivity (Wildman–Crippen MR) is 101 cm³/mol. The smallest absolute Gasteiger partial charge is 0.267 e. The monoisotopic (exact) mass is 359 g/mol. The highest BCUT2D eigenvalue weighted by Gasteiger charge is 2.11. The van der Waals surface area contributed by atoms with Gasteiger partial charge in [0.15, 0.2) is 0 Å². The molecule has 0 spiro atoms. The van der Waals surface area contributed by atoms with Crippen LogP contribution >= 0.6 is 23.1 Å². The molecule has 0 aliphatic heterocycles. The molecule has 0 bridgehead atoms. The summed E-state index contributed by atoms with van der Waals surface area (Å²) >= 11 is 3.20. The summed E-state index contributed by atoms with van der Waals surface area (Å²) in [5.74, 6) is 0.510. The van der Waals surface area contributed by atoms with Crippen LogP contribution in [0.1, 0.15) is 27.7 Å². The number of aryl methyl sites for hydroxylation is 1. The fourth-order valence-electron chi connectivity index (χ4n) is 2.37. The van der Waals surface area contributed by atoms with Crippen LogP contribution in [0, 0.1) is 0 Å². The molecule has 2 aromatic heterocycles. The fourth-order valence-corrected chi connectivity index (χ4v) is 3.81. The number of rotatable bonds is 5. The molecular weight excluding hydrogens is 342 g/mol. The molecule has 2 heterocycles. The van der Waals surface area contributed by atoms with E-state index in [1.807, 2.05) is 37.4 Å². The summed E-state index contributed by atoms with van der Waals surface area (Å²) in [6.07, 6.45) is 4.23. The summed E-state index contributed by atoms with van der Waals surface area (Å²) < 4.78 is 1.15. The summed E-state index contributed by atoms with van der Waals surface area (Å²) in [5.41, 5.74) is 3.95. The molecule has 3 aromatic rings. The topological polar surface area (TPSA) is 64.0 Å². The number of nitrogens with zero attached hydrogens (tertiary/aromatic N) is 2. The highest BCUT2D eigenvalue weighted by atomic mass is 32.2. The molecule has 5 nitrogen and oxygen atoms in total. The fraction of sp³-hybridized carbons (Fsp3) is 0.235.